The molecule has 2 amide bonds. The topological polar surface area (TPSA) is 61.9 Å². The molecular weight excluding hydrogens is 306 g/mol. The van der Waals surface area contributed by atoms with Gasteiger partial charge in [0.25, 0.3) is 5.91 Å². The Kier molecular flexibility index (Phi) is 4.76. The highest BCUT2D eigenvalue weighted by atomic mass is 16.5. The average molecular weight is 331 g/mol. The van der Waals surface area contributed by atoms with E-state index >= 15 is 0 Å². The first-order valence-corrected chi connectivity index (χ1v) is 8.46. The van der Waals surface area contributed by atoms with E-state index in [1.54, 1.807) is 7.11 Å². The van der Waals surface area contributed by atoms with Crippen LogP contribution in [0, 0.1) is 5.41 Å². The van der Waals surface area contributed by atoms with Crippen molar-refractivity contribution in [3.05, 3.63) is 29.8 Å². The molecule has 130 valence electrons. The number of rotatable bonds is 5. The molecule has 2 fully saturated rings. The van der Waals surface area contributed by atoms with Gasteiger partial charge in [-0.1, -0.05) is 12.1 Å². The van der Waals surface area contributed by atoms with Crippen molar-refractivity contribution in [3.8, 4) is 0 Å². The van der Waals surface area contributed by atoms with Crippen molar-refractivity contribution in [2.45, 2.75) is 12.8 Å². The lowest BCUT2D eigenvalue weighted by Gasteiger charge is -2.24. The molecule has 1 N–H and O–H groups in total. The van der Waals surface area contributed by atoms with E-state index in [0.717, 1.165) is 25.1 Å². The third kappa shape index (κ3) is 2.86. The van der Waals surface area contributed by atoms with Crippen LogP contribution in [0.3, 0.4) is 0 Å². The molecule has 0 aliphatic carbocycles. The van der Waals surface area contributed by atoms with Crippen LogP contribution in [0.25, 0.3) is 0 Å². The number of methoxy groups -OCH3 is 1. The Morgan fingerprint density at radius 2 is 2.04 bits per heavy atom. The van der Waals surface area contributed by atoms with Crippen LogP contribution >= 0.6 is 0 Å². The van der Waals surface area contributed by atoms with Gasteiger partial charge in [0.1, 0.15) is 0 Å². The summed E-state index contributed by atoms with van der Waals surface area (Å²) in [6.45, 7) is 3.11. The Balaban J connectivity index is 1.71. The molecule has 24 heavy (non-hydrogen) atoms. The fourth-order valence-electron chi connectivity index (χ4n) is 3.79. The van der Waals surface area contributed by atoms with Crippen LogP contribution in [0.4, 0.5) is 5.69 Å². The number of carbonyl (C=O) groups excluding carboxylic acids is 2. The van der Waals surface area contributed by atoms with Crippen molar-refractivity contribution in [2.24, 2.45) is 5.41 Å². The van der Waals surface area contributed by atoms with Gasteiger partial charge < -0.3 is 19.9 Å². The summed E-state index contributed by atoms with van der Waals surface area (Å²) in [5.41, 5.74) is 1.10. The minimum absolute atomic E-state index is 0.0000310. The van der Waals surface area contributed by atoms with Crippen molar-refractivity contribution in [3.63, 3.8) is 0 Å². The van der Waals surface area contributed by atoms with Gasteiger partial charge in [-0.2, -0.15) is 0 Å². The normalized spacial score (nSPS) is 23.3. The molecule has 0 bridgehead atoms. The second-order valence-corrected chi connectivity index (χ2v) is 6.59. The summed E-state index contributed by atoms with van der Waals surface area (Å²) in [5.74, 6) is 0.178. The van der Waals surface area contributed by atoms with Crippen LogP contribution < -0.4 is 5.32 Å². The molecule has 6 heteroatoms. The smallest absolute Gasteiger partial charge is 0.255 e. The number of amides is 2. The van der Waals surface area contributed by atoms with Gasteiger partial charge >= 0.3 is 0 Å². The lowest BCUT2D eigenvalue weighted by Crippen LogP contribution is -2.39. The number of ether oxygens (including phenoxy) is 1. The molecule has 0 aromatic heterocycles. The van der Waals surface area contributed by atoms with Gasteiger partial charge in [0.15, 0.2) is 0 Å². The van der Waals surface area contributed by atoms with Gasteiger partial charge in [-0.05, 0) is 25.0 Å². The zero-order chi connectivity index (χ0) is 17.2. The zero-order valence-electron chi connectivity index (χ0n) is 14.4. The summed E-state index contributed by atoms with van der Waals surface area (Å²) in [5, 5.41) is 3.06. The van der Waals surface area contributed by atoms with E-state index in [1.165, 1.54) is 0 Å². The number of benzene rings is 1. The Bertz CT molecular complexity index is 634. The Hall–Kier alpha value is -2.08. The lowest BCUT2D eigenvalue weighted by atomic mass is 9.85. The number of carbonyl (C=O) groups is 2. The maximum atomic E-state index is 12.9. The highest BCUT2D eigenvalue weighted by molar-refractivity contribution is 6.00. The maximum absolute atomic E-state index is 12.9. The van der Waals surface area contributed by atoms with E-state index in [4.69, 9.17) is 4.74 Å². The minimum atomic E-state index is -0.391. The third-order valence-electron chi connectivity index (χ3n) is 5.23. The molecule has 1 atom stereocenters. The summed E-state index contributed by atoms with van der Waals surface area (Å²) in [6.07, 6.45) is 1.58. The van der Waals surface area contributed by atoms with Crippen LogP contribution in [0.5, 0.6) is 0 Å². The van der Waals surface area contributed by atoms with E-state index in [0.29, 0.717) is 31.8 Å². The van der Waals surface area contributed by atoms with Crippen molar-refractivity contribution in [1.29, 1.82) is 0 Å². The first-order valence-electron chi connectivity index (χ1n) is 8.46. The van der Waals surface area contributed by atoms with Gasteiger partial charge in [0.2, 0.25) is 5.91 Å². The summed E-state index contributed by atoms with van der Waals surface area (Å²) in [7, 11) is 3.46. The second-order valence-electron chi connectivity index (χ2n) is 6.59. The predicted octanol–water partition coefficient (Wildman–Crippen LogP) is 1.44. The lowest BCUT2D eigenvalue weighted by molar-refractivity contribution is -0.135. The van der Waals surface area contributed by atoms with E-state index in [2.05, 4.69) is 5.32 Å². The van der Waals surface area contributed by atoms with Gasteiger partial charge in [-0.25, -0.2) is 0 Å². The predicted molar refractivity (Wildman–Crippen MR) is 92.0 cm³/mol. The molecule has 1 spiro atoms. The van der Waals surface area contributed by atoms with E-state index in [9.17, 15) is 9.59 Å². The first-order chi connectivity index (χ1) is 11.6. The largest absolute Gasteiger partial charge is 0.387 e. The van der Waals surface area contributed by atoms with Crippen LogP contribution in [0.2, 0.25) is 0 Å². The zero-order valence-corrected chi connectivity index (χ0v) is 14.4. The number of nitrogens with one attached hydrogen (secondary N) is 1. The van der Waals surface area contributed by atoms with Gasteiger partial charge in [-0.3, -0.25) is 9.59 Å². The fraction of sp³-hybridized carbons (Fsp3) is 0.556. The van der Waals surface area contributed by atoms with E-state index in [-0.39, 0.29) is 11.8 Å². The molecule has 2 heterocycles. The number of likely N-dealkylation sites (tertiary alicyclic amines) is 2. The van der Waals surface area contributed by atoms with Crippen LogP contribution in [-0.2, 0) is 9.53 Å². The first kappa shape index (κ1) is 16.8. The third-order valence-corrected chi connectivity index (χ3v) is 5.23. The number of hydrogen-bond acceptors (Lipinski definition) is 4. The minimum Gasteiger partial charge on any atom is -0.387 e. The molecular formula is C18H25N3O3. The monoisotopic (exact) mass is 331 g/mol. The number of para-hydroxylation sites is 1. The average Bonchev–Trinajstić information content (AvgIpc) is 3.18. The second kappa shape index (κ2) is 6.81. The van der Waals surface area contributed by atoms with Gasteiger partial charge in [0, 0.05) is 46.0 Å². The molecule has 3 rings (SSSR count). The number of anilines is 1. The molecule has 1 unspecified atom stereocenters. The maximum Gasteiger partial charge on any atom is 0.255 e. The molecule has 2 aliphatic rings. The van der Waals surface area contributed by atoms with Crippen molar-refractivity contribution >= 4 is 17.5 Å². The Labute approximate surface area is 142 Å². The summed E-state index contributed by atoms with van der Waals surface area (Å²) < 4.78 is 5.08. The summed E-state index contributed by atoms with van der Waals surface area (Å²) in [4.78, 5) is 29.4. The molecule has 2 saturated heterocycles. The molecule has 0 saturated carbocycles. The van der Waals surface area contributed by atoms with E-state index in [1.807, 2.05) is 41.1 Å². The van der Waals surface area contributed by atoms with Crippen LogP contribution in [0.15, 0.2) is 24.3 Å². The molecule has 2 aliphatic heterocycles. The number of hydrogen-bond donors (Lipinski definition) is 1. The summed E-state index contributed by atoms with van der Waals surface area (Å²) >= 11 is 0. The Morgan fingerprint density at radius 3 is 2.79 bits per heavy atom. The molecule has 0 radical (unpaired) electrons. The highest BCUT2D eigenvalue weighted by Crippen LogP contribution is 2.41. The van der Waals surface area contributed by atoms with Crippen molar-refractivity contribution in [1.82, 2.24) is 9.80 Å². The van der Waals surface area contributed by atoms with Crippen molar-refractivity contribution in [2.75, 3.05) is 52.3 Å². The fourth-order valence-corrected chi connectivity index (χ4v) is 3.79. The van der Waals surface area contributed by atoms with Crippen LogP contribution in [-0.4, -0.2) is 68.6 Å². The van der Waals surface area contributed by atoms with Gasteiger partial charge in [0.05, 0.1) is 17.6 Å². The molecule has 1 aromatic carbocycles. The van der Waals surface area contributed by atoms with Gasteiger partial charge in [-0.15, -0.1) is 0 Å². The van der Waals surface area contributed by atoms with Crippen LogP contribution in [0.1, 0.15) is 23.2 Å². The van der Waals surface area contributed by atoms with Crippen molar-refractivity contribution < 1.29 is 14.3 Å². The number of nitrogens with zero attached hydrogens (tertiary/aromatic N) is 2. The SMILES string of the molecule is CNc1ccccc1C(=O)N1CCC2(CCN(CCOC)C2=O)C1. The standard InChI is InChI=1S/C18H25N3O3/c1-19-15-6-4-3-5-14(15)16(22)21-10-8-18(13-21)7-9-20(17(18)23)11-12-24-2/h3-6,19H,7-13H2,1-2H3. The quantitative estimate of drug-likeness (QED) is 0.887. The highest BCUT2D eigenvalue weighted by Gasteiger charge is 2.51. The molecule has 6 nitrogen and oxygen atoms in total. The molecule has 1 aromatic rings. The Morgan fingerprint density at radius 1 is 1.29 bits per heavy atom. The summed E-state index contributed by atoms with van der Waals surface area (Å²) in [6, 6.07) is 7.50. The van der Waals surface area contributed by atoms with E-state index < -0.39 is 5.41 Å².